The number of carboxylic acid groups (broad SMARTS) is 1. The maximum Gasteiger partial charge on any atom is 0.325 e. The number of rotatable bonds is 3. The summed E-state index contributed by atoms with van der Waals surface area (Å²) >= 11 is 0. The summed E-state index contributed by atoms with van der Waals surface area (Å²) in [5.74, 6) is -0.294. The lowest BCUT2D eigenvalue weighted by molar-refractivity contribution is -0.137. The standard InChI is InChI=1S/C8H9N5O2/c1-12-3-2-9-8(12)6-4-13(11-10-6)5-7(14)15/h2-4H,5H2,1H3,(H,14,15). The summed E-state index contributed by atoms with van der Waals surface area (Å²) in [6.07, 6.45) is 4.98. The molecule has 0 aromatic carbocycles. The molecule has 2 rings (SSSR count). The molecule has 78 valence electrons. The Kier molecular flexibility index (Phi) is 2.20. The predicted octanol–water partition coefficient (Wildman–Crippen LogP) is -0.237. The lowest BCUT2D eigenvalue weighted by Gasteiger charge is -1.94. The van der Waals surface area contributed by atoms with Crippen LogP contribution in [0, 0.1) is 0 Å². The molecule has 0 radical (unpaired) electrons. The van der Waals surface area contributed by atoms with Crippen molar-refractivity contribution in [1.29, 1.82) is 0 Å². The first-order valence-corrected chi connectivity index (χ1v) is 4.26. The fraction of sp³-hybridized carbons (Fsp3) is 0.250. The van der Waals surface area contributed by atoms with Gasteiger partial charge in [-0.05, 0) is 0 Å². The van der Waals surface area contributed by atoms with E-state index in [2.05, 4.69) is 15.3 Å². The molecule has 2 heterocycles. The zero-order valence-corrected chi connectivity index (χ0v) is 8.03. The van der Waals surface area contributed by atoms with Crippen LogP contribution in [0.25, 0.3) is 11.5 Å². The minimum atomic E-state index is -0.953. The number of aliphatic carboxylic acids is 1. The van der Waals surface area contributed by atoms with Crippen LogP contribution in [0.15, 0.2) is 18.6 Å². The molecule has 0 fully saturated rings. The number of hydrogen-bond acceptors (Lipinski definition) is 4. The third-order valence-electron chi connectivity index (χ3n) is 1.89. The first-order chi connectivity index (χ1) is 7.16. The van der Waals surface area contributed by atoms with Crippen LogP contribution in [0.1, 0.15) is 0 Å². The Morgan fingerprint density at radius 1 is 1.60 bits per heavy atom. The van der Waals surface area contributed by atoms with E-state index in [0.717, 1.165) is 0 Å². The minimum Gasteiger partial charge on any atom is -0.480 e. The van der Waals surface area contributed by atoms with E-state index in [9.17, 15) is 4.79 Å². The van der Waals surface area contributed by atoms with Crippen LogP contribution in [0.3, 0.4) is 0 Å². The Labute approximate surface area is 85.0 Å². The second kappa shape index (κ2) is 3.52. The van der Waals surface area contributed by atoms with E-state index in [0.29, 0.717) is 11.5 Å². The summed E-state index contributed by atoms with van der Waals surface area (Å²) in [6, 6.07) is 0. The van der Waals surface area contributed by atoms with Gasteiger partial charge in [0.1, 0.15) is 12.2 Å². The van der Waals surface area contributed by atoms with Crippen LogP contribution in [0.2, 0.25) is 0 Å². The van der Waals surface area contributed by atoms with E-state index in [1.54, 1.807) is 23.2 Å². The normalized spacial score (nSPS) is 10.5. The second-order valence-electron chi connectivity index (χ2n) is 3.06. The highest BCUT2D eigenvalue weighted by molar-refractivity contribution is 5.66. The van der Waals surface area contributed by atoms with Gasteiger partial charge in [0.05, 0.1) is 6.20 Å². The highest BCUT2D eigenvalue weighted by Crippen LogP contribution is 2.11. The van der Waals surface area contributed by atoms with Crippen LogP contribution in [-0.4, -0.2) is 35.6 Å². The van der Waals surface area contributed by atoms with Gasteiger partial charge in [0.25, 0.3) is 0 Å². The monoisotopic (exact) mass is 207 g/mol. The van der Waals surface area contributed by atoms with Crippen LogP contribution >= 0.6 is 0 Å². The van der Waals surface area contributed by atoms with Gasteiger partial charge < -0.3 is 9.67 Å². The Morgan fingerprint density at radius 2 is 2.40 bits per heavy atom. The summed E-state index contributed by atoms with van der Waals surface area (Å²) < 4.78 is 3.04. The molecule has 7 heteroatoms. The molecule has 2 aromatic rings. The van der Waals surface area contributed by atoms with Gasteiger partial charge >= 0.3 is 5.97 Å². The summed E-state index contributed by atoms with van der Waals surface area (Å²) in [7, 11) is 1.83. The fourth-order valence-electron chi connectivity index (χ4n) is 1.23. The molecule has 7 nitrogen and oxygen atoms in total. The van der Waals surface area contributed by atoms with Gasteiger partial charge in [0.2, 0.25) is 0 Å². The minimum absolute atomic E-state index is 0.197. The number of aryl methyl sites for hydroxylation is 1. The van der Waals surface area contributed by atoms with Crippen molar-refractivity contribution < 1.29 is 9.90 Å². The average molecular weight is 207 g/mol. The van der Waals surface area contributed by atoms with Gasteiger partial charge in [-0.3, -0.25) is 4.79 Å². The van der Waals surface area contributed by atoms with Crippen LogP contribution in [0.4, 0.5) is 0 Å². The maximum atomic E-state index is 10.4. The van der Waals surface area contributed by atoms with Gasteiger partial charge in [0, 0.05) is 19.4 Å². The van der Waals surface area contributed by atoms with Crippen molar-refractivity contribution in [3.05, 3.63) is 18.6 Å². The molecule has 0 aliphatic heterocycles. The van der Waals surface area contributed by atoms with E-state index in [1.807, 2.05) is 7.05 Å². The molecular weight excluding hydrogens is 198 g/mol. The van der Waals surface area contributed by atoms with Crippen LogP contribution in [0.5, 0.6) is 0 Å². The van der Waals surface area contributed by atoms with E-state index in [-0.39, 0.29) is 6.54 Å². The topological polar surface area (TPSA) is 85.8 Å². The molecule has 15 heavy (non-hydrogen) atoms. The maximum absolute atomic E-state index is 10.4. The molecule has 1 N–H and O–H groups in total. The van der Waals surface area contributed by atoms with Gasteiger partial charge in [-0.15, -0.1) is 5.10 Å². The number of aromatic nitrogens is 5. The zero-order chi connectivity index (χ0) is 10.8. The van der Waals surface area contributed by atoms with Crippen molar-refractivity contribution in [3.63, 3.8) is 0 Å². The lowest BCUT2D eigenvalue weighted by Crippen LogP contribution is -2.08. The molecule has 0 spiro atoms. The van der Waals surface area contributed by atoms with Gasteiger partial charge in [-0.1, -0.05) is 5.21 Å². The number of hydrogen-bond donors (Lipinski definition) is 1. The number of nitrogens with zero attached hydrogens (tertiary/aromatic N) is 5. The smallest absolute Gasteiger partial charge is 0.325 e. The summed E-state index contributed by atoms with van der Waals surface area (Å²) in [5, 5.41) is 16.1. The molecule has 0 bridgehead atoms. The number of carbonyl (C=O) groups is 1. The van der Waals surface area contributed by atoms with Gasteiger partial charge in [0.15, 0.2) is 5.82 Å². The molecule has 0 unspecified atom stereocenters. The van der Waals surface area contributed by atoms with E-state index >= 15 is 0 Å². The van der Waals surface area contributed by atoms with Crippen molar-refractivity contribution in [3.8, 4) is 11.5 Å². The van der Waals surface area contributed by atoms with Crippen molar-refractivity contribution >= 4 is 5.97 Å². The molecule has 0 aliphatic rings. The van der Waals surface area contributed by atoms with Crippen molar-refractivity contribution in [2.24, 2.45) is 7.05 Å². The summed E-state index contributed by atoms with van der Waals surface area (Å²) in [4.78, 5) is 14.5. The fourth-order valence-corrected chi connectivity index (χ4v) is 1.23. The molecule has 0 aliphatic carbocycles. The van der Waals surface area contributed by atoms with Crippen LogP contribution in [-0.2, 0) is 18.4 Å². The Morgan fingerprint density at radius 3 is 3.00 bits per heavy atom. The third-order valence-corrected chi connectivity index (χ3v) is 1.89. The summed E-state index contributed by atoms with van der Waals surface area (Å²) in [5.41, 5.74) is 0.559. The van der Waals surface area contributed by atoms with E-state index in [1.165, 1.54) is 4.68 Å². The summed E-state index contributed by atoms with van der Waals surface area (Å²) in [6.45, 7) is -0.197. The Hall–Kier alpha value is -2.18. The van der Waals surface area contributed by atoms with Gasteiger partial charge in [-0.25, -0.2) is 9.67 Å². The second-order valence-corrected chi connectivity index (χ2v) is 3.06. The van der Waals surface area contributed by atoms with Crippen molar-refractivity contribution in [2.45, 2.75) is 6.54 Å². The number of imidazole rings is 1. The third kappa shape index (κ3) is 1.85. The molecule has 0 atom stereocenters. The number of carboxylic acids is 1. The van der Waals surface area contributed by atoms with Crippen molar-refractivity contribution in [2.75, 3.05) is 0 Å². The van der Waals surface area contributed by atoms with Crippen LogP contribution < -0.4 is 0 Å². The molecular formula is C8H9N5O2. The Balaban J connectivity index is 2.28. The molecule has 0 saturated carbocycles. The first-order valence-electron chi connectivity index (χ1n) is 4.26. The Bertz CT molecular complexity index is 487. The SMILES string of the molecule is Cn1ccnc1-c1cn(CC(=O)O)nn1. The highest BCUT2D eigenvalue weighted by Gasteiger charge is 2.09. The molecule has 0 saturated heterocycles. The van der Waals surface area contributed by atoms with Crippen molar-refractivity contribution in [1.82, 2.24) is 24.5 Å². The highest BCUT2D eigenvalue weighted by atomic mass is 16.4. The largest absolute Gasteiger partial charge is 0.480 e. The predicted molar refractivity (Wildman–Crippen MR) is 49.9 cm³/mol. The lowest BCUT2D eigenvalue weighted by atomic mass is 10.4. The molecule has 2 aromatic heterocycles. The quantitative estimate of drug-likeness (QED) is 0.750. The van der Waals surface area contributed by atoms with Gasteiger partial charge in [-0.2, -0.15) is 0 Å². The first kappa shape index (κ1) is 9.38. The molecule has 0 amide bonds. The van der Waals surface area contributed by atoms with E-state index < -0.39 is 5.97 Å². The zero-order valence-electron chi connectivity index (χ0n) is 8.03. The average Bonchev–Trinajstić information content (AvgIpc) is 2.72. The van der Waals surface area contributed by atoms with E-state index in [4.69, 9.17) is 5.11 Å².